The van der Waals surface area contributed by atoms with Crippen molar-refractivity contribution in [2.45, 2.75) is 31.9 Å². The van der Waals surface area contributed by atoms with Crippen LogP contribution in [0.2, 0.25) is 0 Å². The highest BCUT2D eigenvalue weighted by Gasteiger charge is 2.21. The number of ketones is 1. The van der Waals surface area contributed by atoms with Crippen LogP contribution in [-0.4, -0.2) is 29.2 Å². The second kappa shape index (κ2) is 8.86. The number of carbonyl (C=O) groups excluding carboxylic acids is 2. The normalized spacial score (nSPS) is 12.7. The van der Waals surface area contributed by atoms with E-state index in [1.807, 2.05) is 61.7 Å². The fraction of sp³-hybridized carbons (Fsp3) is 0.304. The van der Waals surface area contributed by atoms with Gasteiger partial charge in [-0.2, -0.15) is 0 Å². The molecule has 1 aromatic heterocycles. The van der Waals surface area contributed by atoms with Crippen LogP contribution in [-0.2, 0) is 27.1 Å². The van der Waals surface area contributed by atoms with Crippen molar-refractivity contribution < 1.29 is 9.59 Å². The Kier molecular flexibility index (Phi) is 6.66. The van der Waals surface area contributed by atoms with E-state index >= 15 is 0 Å². The number of Topliss-reactive ketones (excluding diaryl/α,β-unsaturated/α-hetero) is 1. The Bertz CT molecular complexity index is 1100. The van der Waals surface area contributed by atoms with Crippen molar-refractivity contribution in [3.05, 3.63) is 70.1 Å². The first-order valence-corrected chi connectivity index (χ1v) is 12.8. The lowest BCUT2D eigenvalue weighted by molar-refractivity contribution is 0.0953. The second-order valence-corrected chi connectivity index (χ2v) is 12.4. The molecule has 0 aliphatic heterocycles. The number of fused-ring (bicyclic) bond motifs is 1. The minimum absolute atomic E-state index is 0.0721. The number of benzene rings is 2. The summed E-state index contributed by atoms with van der Waals surface area (Å²) in [5.74, 6) is 0.0273. The zero-order valence-corrected chi connectivity index (χ0v) is 19.5. The van der Waals surface area contributed by atoms with Crippen LogP contribution in [0.15, 0.2) is 48.5 Å². The van der Waals surface area contributed by atoms with Gasteiger partial charge < -0.3 is 5.32 Å². The molecule has 0 fully saturated rings. The molecule has 1 unspecified atom stereocenters. The van der Waals surface area contributed by atoms with Gasteiger partial charge in [-0.3, -0.25) is 9.59 Å². The van der Waals surface area contributed by atoms with Crippen molar-refractivity contribution in [2.75, 3.05) is 12.8 Å². The number of thiophene rings is 1. The molecule has 0 aliphatic rings. The molecule has 0 aliphatic carbocycles. The van der Waals surface area contributed by atoms with Gasteiger partial charge in [0.15, 0.2) is 5.78 Å². The summed E-state index contributed by atoms with van der Waals surface area (Å²) in [4.78, 5) is 25.8. The van der Waals surface area contributed by atoms with Crippen molar-refractivity contribution in [3.8, 4) is 0 Å². The summed E-state index contributed by atoms with van der Waals surface area (Å²) in [6.45, 7) is 6.69. The molecule has 1 atom stereocenters. The van der Waals surface area contributed by atoms with Gasteiger partial charge in [0.1, 0.15) is 0 Å². The lowest BCUT2D eigenvalue weighted by atomic mass is 10.0. The molecule has 3 aromatic rings. The fourth-order valence-electron chi connectivity index (χ4n) is 2.90. The van der Waals surface area contributed by atoms with E-state index in [0.717, 1.165) is 26.8 Å². The topological polar surface area (TPSA) is 46.2 Å². The monoisotopic (exact) mass is 443 g/mol. The van der Waals surface area contributed by atoms with E-state index in [9.17, 15) is 9.59 Å². The molecule has 1 N–H and O–H groups in total. The van der Waals surface area contributed by atoms with Gasteiger partial charge in [-0.15, -0.1) is 20.8 Å². The molecule has 0 spiro atoms. The van der Waals surface area contributed by atoms with Gasteiger partial charge in [0.05, 0.1) is 4.88 Å². The lowest BCUT2D eigenvalue weighted by Gasteiger charge is -2.24. The summed E-state index contributed by atoms with van der Waals surface area (Å²) in [6.07, 6.45) is 2.36. The minimum atomic E-state index is -0.200. The molecule has 2 aromatic carbocycles. The SMILES string of the molecule is Cc1cccc(C(=O)Cc2ccc3sc(C(=O)NCC(C)(C)S(C)=S)cc3c2)c1. The molecule has 0 saturated carbocycles. The van der Waals surface area contributed by atoms with Crippen LogP contribution in [0, 0.1) is 6.92 Å². The average Bonchev–Trinajstić information content (AvgIpc) is 3.09. The first kappa shape index (κ1) is 21.8. The third kappa shape index (κ3) is 5.38. The summed E-state index contributed by atoms with van der Waals surface area (Å²) in [7, 11) is -0.200. The largest absolute Gasteiger partial charge is 0.350 e. The minimum Gasteiger partial charge on any atom is -0.350 e. The van der Waals surface area contributed by atoms with Crippen LogP contribution < -0.4 is 5.32 Å². The van der Waals surface area contributed by atoms with Crippen LogP contribution in [0.5, 0.6) is 0 Å². The van der Waals surface area contributed by atoms with Gasteiger partial charge >= 0.3 is 0 Å². The van der Waals surface area contributed by atoms with Crippen LogP contribution in [0.25, 0.3) is 10.1 Å². The van der Waals surface area contributed by atoms with Crippen LogP contribution in [0.4, 0.5) is 0 Å². The Labute approximate surface area is 183 Å². The molecule has 152 valence electrons. The van der Waals surface area contributed by atoms with Crippen molar-refractivity contribution in [1.29, 1.82) is 0 Å². The highest BCUT2D eigenvalue weighted by molar-refractivity contribution is 8.29. The molecule has 6 heteroatoms. The maximum atomic E-state index is 12.6. The molecule has 1 amide bonds. The Balaban J connectivity index is 1.73. The van der Waals surface area contributed by atoms with E-state index in [1.165, 1.54) is 11.3 Å². The van der Waals surface area contributed by atoms with Crippen LogP contribution in [0.1, 0.15) is 45.0 Å². The number of aryl methyl sites for hydroxylation is 1. The third-order valence-corrected chi connectivity index (χ3v) is 9.13. The van der Waals surface area contributed by atoms with Gasteiger partial charge in [-0.05, 0) is 62.2 Å². The van der Waals surface area contributed by atoms with E-state index in [1.54, 1.807) is 0 Å². The summed E-state index contributed by atoms with van der Waals surface area (Å²) in [5, 5.41) is 4.01. The predicted octanol–water partition coefficient (Wildman–Crippen LogP) is 4.85. The first-order chi connectivity index (χ1) is 13.7. The Morgan fingerprint density at radius 2 is 1.90 bits per heavy atom. The molecule has 0 saturated heterocycles. The maximum Gasteiger partial charge on any atom is 0.261 e. The fourth-order valence-corrected chi connectivity index (χ4v) is 4.31. The van der Waals surface area contributed by atoms with Crippen molar-refractivity contribution in [1.82, 2.24) is 5.32 Å². The Morgan fingerprint density at radius 1 is 1.14 bits per heavy atom. The van der Waals surface area contributed by atoms with Gasteiger partial charge in [0.2, 0.25) is 0 Å². The molecule has 3 rings (SSSR count). The molecule has 1 heterocycles. The predicted molar refractivity (Wildman–Crippen MR) is 128 cm³/mol. The van der Waals surface area contributed by atoms with E-state index in [2.05, 4.69) is 19.2 Å². The average molecular weight is 444 g/mol. The molecule has 29 heavy (non-hydrogen) atoms. The summed E-state index contributed by atoms with van der Waals surface area (Å²) < 4.78 is 0.935. The van der Waals surface area contributed by atoms with Crippen LogP contribution in [0.3, 0.4) is 0 Å². The second-order valence-electron chi connectivity index (χ2n) is 7.85. The quantitative estimate of drug-likeness (QED) is 0.531. The van der Waals surface area contributed by atoms with Crippen LogP contribution >= 0.6 is 11.3 Å². The highest BCUT2D eigenvalue weighted by atomic mass is 32.8. The van der Waals surface area contributed by atoms with Gasteiger partial charge in [-0.1, -0.05) is 41.0 Å². The smallest absolute Gasteiger partial charge is 0.261 e. The van der Waals surface area contributed by atoms with Gasteiger partial charge in [0.25, 0.3) is 5.91 Å². The standard InChI is InChI=1S/C23H25NO2S3/c1-15-6-5-7-17(10-15)19(25)12-16-8-9-20-18(11-16)13-21(28-20)22(26)24-14-23(2,3)29(4)27/h5-11,13H,12,14H2,1-4H3,(H,24,26). The number of nitrogens with one attached hydrogen (secondary N) is 1. The summed E-state index contributed by atoms with van der Waals surface area (Å²) in [6, 6.07) is 15.5. The van der Waals surface area contributed by atoms with E-state index in [-0.39, 0.29) is 25.9 Å². The van der Waals surface area contributed by atoms with Crippen molar-refractivity contribution >= 4 is 53.8 Å². The van der Waals surface area contributed by atoms with Gasteiger partial charge in [0, 0.05) is 28.0 Å². The first-order valence-electron chi connectivity index (χ1n) is 9.40. The number of amides is 1. The number of rotatable bonds is 7. The molecule has 3 nitrogen and oxygen atoms in total. The van der Waals surface area contributed by atoms with Crippen molar-refractivity contribution in [3.63, 3.8) is 0 Å². The zero-order chi connectivity index (χ0) is 21.2. The summed E-state index contributed by atoms with van der Waals surface area (Å²) in [5.41, 5.74) is 2.76. The third-order valence-electron chi connectivity index (χ3n) is 4.96. The maximum absolute atomic E-state index is 12.6. The van der Waals surface area contributed by atoms with Crippen molar-refractivity contribution in [2.24, 2.45) is 0 Å². The van der Waals surface area contributed by atoms with E-state index in [4.69, 9.17) is 11.2 Å². The number of carbonyl (C=O) groups is 2. The molecule has 0 radical (unpaired) electrons. The Morgan fingerprint density at radius 3 is 2.59 bits per heavy atom. The Hall–Kier alpha value is -1.89. The number of hydrogen-bond donors (Lipinski definition) is 1. The number of hydrogen-bond acceptors (Lipinski definition) is 4. The lowest BCUT2D eigenvalue weighted by Crippen LogP contribution is -2.40. The van der Waals surface area contributed by atoms with Gasteiger partial charge in [-0.25, -0.2) is 0 Å². The van der Waals surface area contributed by atoms with E-state index in [0.29, 0.717) is 17.8 Å². The molecule has 0 bridgehead atoms. The molecular weight excluding hydrogens is 418 g/mol. The summed E-state index contributed by atoms with van der Waals surface area (Å²) >= 11 is 6.85. The molecular formula is C23H25NO2S3. The zero-order valence-electron chi connectivity index (χ0n) is 17.1. The van der Waals surface area contributed by atoms with E-state index < -0.39 is 0 Å². The highest BCUT2D eigenvalue weighted by Crippen LogP contribution is 2.27.